The SMILES string of the molecule is ClP(Cl)c1ccc(P(Cl)Cl)cc1. The molecule has 0 aliphatic heterocycles. The Morgan fingerprint density at radius 2 is 0.917 bits per heavy atom. The first-order valence-electron chi connectivity index (χ1n) is 2.94. The average Bonchev–Trinajstić information content (AvgIpc) is 2.04. The van der Waals surface area contributed by atoms with Gasteiger partial charge in [0.1, 0.15) is 13.3 Å². The van der Waals surface area contributed by atoms with Crippen LogP contribution in [0.5, 0.6) is 0 Å². The van der Waals surface area contributed by atoms with Crippen molar-refractivity contribution in [3.8, 4) is 0 Å². The predicted molar refractivity (Wildman–Crippen MR) is 63.0 cm³/mol. The summed E-state index contributed by atoms with van der Waals surface area (Å²) in [7, 11) is 0. The number of hydrogen-bond donors (Lipinski definition) is 0. The number of halogens is 4. The summed E-state index contributed by atoms with van der Waals surface area (Å²) in [6.07, 6.45) is 0. The lowest BCUT2D eigenvalue weighted by atomic mass is 10.4. The van der Waals surface area contributed by atoms with E-state index in [1.54, 1.807) is 0 Å². The molecule has 0 aliphatic carbocycles. The Labute approximate surface area is 92.8 Å². The lowest BCUT2D eigenvalue weighted by molar-refractivity contribution is 1.86. The third-order valence-electron chi connectivity index (χ3n) is 1.24. The van der Waals surface area contributed by atoms with Crippen LogP contribution in [0.15, 0.2) is 24.3 Å². The Hall–Kier alpha value is 1.24. The van der Waals surface area contributed by atoms with Gasteiger partial charge in [0.25, 0.3) is 0 Å². The molecule has 1 aromatic carbocycles. The second kappa shape index (κ2) is 5.20. The maximum absolute atomic E-state index is 5.70. The van der Waals surface area contributed by atoms with Crippen molar-refractivity contribution >= 4 is 68.8 Å². The summed E-state index contributed by atoms with van der Waals surface area (Å²) in [6.45, 7) is -2.12. The quantitative estimate of drug-likeness (QED) is 0.699. The molecular weight excluding hydrogens is 276 g/mol. The maximum Gasteiger partial charge on any atom is 0.116 e. The molecule has 0 aromatic heterocycles. The second-order valence-corrected chi connectivity index (χ2v) is 9.04. The van der Waals surface area contributed by atoms with Gasteiger partial charge in [0.15, 0.2) is 0 Å². The van der Waals surface area contributed by atoms with E-state index in [2.05, 4.69) is 0 Å². The first kappa shape index (κ1) is 11.3. The second-order valence-electron chi connectivity index (χ2n) is 1.98. The van der Waals surface area contributed by atoms with Crippen LogP contribution in [0, 0.1) is 0 Å². The lowest BCUT2D eigenvalue weighted by Gasteiger charge is -2.03. The topological polar surface area (TPSA) is 0 Å². The molecule has 0 spiro atoms. The van der Waals surface area contributed by atoms with Gasteiger partial charge in [0.2, 0.25) is 0 Å². The van der Waals surface area contributed by atoms with Gasteiger partial charge < -0.3 is 0 Å². The molecule has 0 unspecified atom stereocenters. The van der Waals surface area contributed by atoms with E-state index in [1.807, 2.05) is 24.3 Å². The molecule has 0 amide bonds. The zero-order valence-electron chi connectivity index (χ0n) is 5.72. The average molecular weight is 280 g/mol. The van der Waals surface area contributed by atoms with E-state index < -0.39 is 13.3 Å². The molecule has 0 N–H and O–H groups in total. The standard InChI is InChI=1S/C6H4Cl4P2/c7-11(8)5-1-2-6(4-3-5)12(9)10/h1-4H. The molecule has 0 bridgehead atoms. The Balaban J connectivity index is 2.86. The van der Waals surface area contributed by atoms with Gasteiger partial charge in [-0.15, -0.1) is 0 Å². The van der Waals surface area contributed by atoms with Crippen molar-refractivity contribution in [2.75, 3.05) is 0 Å². The van der Waals surface area contributed by atoms with Gasteiger partial charge in [-0.2, -0.15) is 0 Å². The summed E-state index contributed by atoms with van der Waals surface area (Å²) in [4.78, 5) is 0. The highest BCUT2D eigenvalue weighted by atomic mass is 35.9. The van der Waals surface area contributed by atoms with Crippen LogP contribution in [0.4, 0.5) is 0 Å². The van der Waals surface area contributed by atoms with Crippen molar-refractivity contribution < 1.29 is 0 Å². The minimum Gasteiger partial charge on any atom is -0.0727 e. The molecule has 66 valence electrons. The van der Waals surface area contributed by atoms with Crippen LogP contribution < -0.4 is 10.6 Å². The van der Waals surface area contributed by atoms with Crippen molar-refractivity contribution in [2.24, 2.45) is 0 Å². The van der Waals surface area contributed by atoms with Crippen molar-refractivity contribution in [3.05, 3.63) is 24.3 Å². The van der Waals surface area contributed by atoms with E-state index in [0.29, 0.717) is 0 Å². The Morgan fingerprint density at radius 1 is 0.667 bits per heavy atom. The van der Waals surface area contributed by atoms with Gasteiger partial charge in [-0.25, -0.2) is 0 Å². The normalized spacial score (nSPS) is 11.2. The highest BCUT2D eigenvalue weighted by Crippen LogP contribution is 2.47. The third kappa shape index (κ3) is 3.18. The van der Waals surface area contributed by atoms with Gasteiger partial charge in [-0.3, -0.25) is 0 Å². The maximum atomic E-state index is 5.70. The smallest absolute Gasteiger partial charge is 0.0727 e. The van der Waals surface area contributed by atoms with Crippen LogP contribution >= 0.6 is 58.2 Å². The predicted octanol–water partition coefficient (Wildman–Crippen LogP) is 4.52. The van der Waals surface area contributed by atoms with Crippen LogP contribution in [0.2, 0.25) is 0 Å². The molecule has 0 nitrogen and oxygen atoms in total. The van der Waals surface area contributed by atoms with E-state index >= 15 is 0 Å². The molecule has 1 aromatic rings. The zero-order valence-corrected chi connectivity index (χ0v) is 10.5. The molecular formula is C6H4Cl4P2. The summed E-state index contributed by atoms with van der Waals surface area (Å²) < 4.78 is 0. The van der Waals surface area contributed by atoms with E-state index in [1.165, 1.54) is 0 Å². The molecule has 0 fully saturated rings. The molecule has 0 heterocycles. The van der Waals surface area contributed by atoms with Crippen molar-refractivity contribution in [1.82, 2.24) is 0 Å². The Morgan fingerprint density at radius 3 is 1.08 bits per heavy atom. The number of rotatable bonds is 2. The van der Waals surface area contributed by atoms with Gasteiger partial charge in [0, 0.05) is 10.6 Å². The van der Waals surface area contributed by atoms with Crippen LogP contribution in [0.3, 0.4) is 0 Å². The molecule has 0 aliphatic rings. The molecule has 0 radical (unpaired) electrons. The van der Waals surface area contributed by atoms with Gasteiger partial charge in [0.05, 0.1) is 0 Å². The number of benzene rings is 1. The molecule has 6 heteroatoms. The Bertz CT molecular complexity index is 219. The van der Waals surface area contributed by atoms with Gasteiger partial charge >= 0.3 is 0 Å². The van der Waals surface area contributed by atoms with Crippen LogP contribution in [-0.2, 0) is 0 Å². The van der Waals surface area contributed by atoms with Gasteiger partial charge in [-0.1, -0.05) is 69.2 Å². The monoisotopic (exact) mass is 278 g/mol. The van der Waals surface area contributed by atoms with Gasteiger partial charge in [-0.05, 0) is 0 Å². The van der Waals surface area contributed by atoms with E-state index in [4.69, 9.17) is 45.0 Å². The van der Waals surface area contributed by atoms with Crippen molar-refractivity contribution in [1.29, 1.82) is 0 Å². The molecule has 1 rings (SSSR count). The third-order valence-corrected chi connectivity index (χ3v) is 4.96. The highest BCUT2D eigenvalue weighted by Gasteiger charge is 2.06. The van der Waals surface area contributed by atoms with Crippen LogP contribution in [-0.4, -0.2) is 0 Å². The fraction of sp³-hybridized carbons (Fsp3) is 0. The highest BCUT2D eigenvalue weighted by molar-refractivity contribution is 8.09. The first-order valence-corrected chi connectivity index (χ1v) is 9.25. The van der Waals surface area contributed by atoms with E-state index in [9.17, 15) is 0 Å². The number of hydrogen-bond acceptors (Lipinski definition) is 0. The van der Waals surface area contributed by atoms with Crippen LogP contribution in [0.25, 0.3) is 0 Å². The molecule has 0 atom stereocenters. The van der Waals surface area contributed by atoms with Crippen LogP contribution in [0.1, 0.15) is 0 Å². The minimum atomic E-state index is -1.06. The fourth-order valence-corrected chi connectivity index (χ4v) is 2.78. The lowest BCUT2D eigenvalue weighted by Crippen LogP contribution is -2.00. The largest absolute Gasteiger partial charge is 0.116 e. The van der Waals surface area contributed by atoms with E-state index in [-0.39, 0.29) is 0 Å². The molecule has 0 saturated carbocycles. The first-order chi connectivity index (χ1) is 5.61. The summed E-state index contributed by atoms with van der Waals surface area (Å²) in [5.74, 6) is 0. The summed E-state index contributed by atoms with van der Waals surface area (Å²) in [5.41, 5.74) is 0. The minimum absolute atomic E-state index is 0.919. The van der Waals surface area contributed by atoms with E-state index in [0.717, 1.165) is 10.6 Å². The van der Waals surface area contributed by atoms with Crippen molar-refractivity contribution in [2.45, 2.75) is 0 Å². The summed E-state index contributed by atoms with van der Waals surface area (Å²) >= 11 is 22.8. The molecule has 12 heavy (non-hydrogen) atoms. The summed E-state index contributed by atoms with van der Waals surface area (Å²) in [5, 5.41) is 1.84. The van der Waals surface area contributed by atoms with Crippen molar-refractivity contribution in [3.63, 3.8) is 0 Å². The Kier molecular flexibility index (Phi) is 4.91. The fourth-order valence-electron chi connectivity index (χ4n) is 0.678. The zero-order chi connectivity index (χ0) is 9.14. The summed E-state index contributed by atoms with van der Waals surface area (Å²) in [6, 6.07) is 7.39. The molecule has 0 saturated heterocycles.